The summed E-state index contributed by atoms with van der Waals surface area (Å²) >= 11 is 0. The van der Waals surface area contributed by atoms with Crippen molar-refractivity contribution < 1.29 is 28.8 Å². The fourth-order valence-corrected chi connectivity index (χ4v) is 4.11. The molecule has 0 radical (unpaired) electrons. The smallest absolute Gasteiger partial charge is 0.338 e. The Kier molecular flexibility index (Phi) is 7.47. The maximum atomic E-state index is 12.7. The third-order valence-electron chi connectivity index (χ3n) is 5.52. The number of hydrogen-bond donors (Lipinski definition) is 1. The fraction of sp³-hybridized carbons (Fsp3) is 0.333. The van der Waals surface area contributed by atoms with Gasteiger partial charge in [-0.25, -0.2) is 19.4 Å². The van der Waals surface area contributed by atoms with Crippen molar-refractivity contribution in [1.29, 1.82) is 0 Å². The summed E-state index contributed by atoms with van der Waals surface area (Å²) in [6.07, 6.45) is 2.71. The average molecular weight is 507 g/mol. The van der Waals surface area contributed by atoms with Gasteiger partial charge in [-0.05, 0) is 51.5 Å². The molecule has 2 heterocycles. The third kappa shape index (κ3) is 5.42. The predicted octanol–water partition coefficient (Wildman–Crippen LogP) is 4.83. The lowest BCUT2D eigenvalue weighted by molar-refractivity contribution is 0.0696. The number of rotatable bonds is 10. The molecule has 194 valence electrons. The van der Waals surface area contributed by atoms with Crippen molar-refractivity contribution in [3.8, 4) is 34.1 Å². The Morgan fingerprint density at radius 1 is 0.946 bits per heavy atom. The number of nitrogens with zero attached hydrogens (tertiary/aromatic N) is 4. The topological polar surface area (TPSA) is 118 Å². The van der Waals surface area contributed by atoms with E-state index < -0.39 is 5.97 Å². The SMILES string of the molecule is COc1cc2nc(Cn3cncn3)c(C(=O)O)c(-c3ccc(OC(C)C)c(OC(C)C)c3)c2cc1OC. The van der Waals surface area contributed by atoms with E-state index in [9.17, 15) is 9.90 Å². The molecule has 0 aliphatic rings. The summed E-state index contributed by atoms with van der Waals surface area (Å²) in [4.78, 5) is 21.4. The van der Waals surface area contributed by atoms with Gasteiger partial charge in [-0.3, -0.25) is 0 Å². The van der Waals surface area contributed by atoms with Crippen LogP contribution in [-0.2, 0) is 6.54 Å². The molecule has 10 heteroatoms. The number of benzene rings is 2. The van der Waals surface area contributed by atoms with Crippen LogP contribution in [0.3, 0.4) is 0 Å². The zero-order valence-corrected chi connectivity index (χ0v) is 21.7. The molecule has 0 aliphatic carbocycles. The van der Waals surface area contributed by atoms with E-state index in [2.05, 4.69) is 10.1 Å². The largest absolute Gasteiger partial charge is 0.493 e. The van der Waals surface area contributed by atoms with Gasteiger partial charge in [-0.15, -0.1) is 0 Å². The van der Waals surface area contributed by atoms with Gasteiger partial charge < -0.3 is 24.1 Å². The number of methoxy groups -OCH3 is 2. The Bertz CT molecular complexity index is 1420. The number of pyridine rings is 1. The number of hydrogen-bond acceptors (Lipinski definition) is 8. The van der Waals surface area contributed by atoms with Crippen molar-refractivity contribution in [2.45, 2.75) is 46.4 Å². The van der Waals surface area contributed by atoms with Gasteiger partial charge in [0.05, 0.1) is 49.7 Å². The first kappa shape index (κ1) is 25.7. The number of carboxylic acids is 1. The summed E-state index contributed by atoms with van der Waals surface area (Å²) in [6, 6.07) is 8.89. The lowest BCUT2D eigenvalue weighted by atomic mass is 9.93. The van der Waals surface area contributed by atoms with E-state index in [0.29, 0.717) is 50.7 Å². The molecule has 37 heavy (non-hydrogen) atoms. The summed E-state index contributed by atoms with van der Waals surface area (Å²) < 4.78 is 24.5. The number of aromatic carboxylic acids is 1. The zero-order valence-electron chi connectivity index (χ0n) is 21.7. The number of fused-ring (bicyclic) bond motifs is 1. The van der Waals surface area contributed by atoms with E-state index in [4.69, 9.17) is 23.9 Å². The van der Waals surface area contributed by atoms with Crippen molar-refractivity contribution in [1.82, 2.24) is 19.7 Å². The molecule has 0 aliphatic heterocycles. The first-order chi connectivity index (χ1) is 17.7. The Labute approximate surface area is 214 Å². The average Bonchev–Trinajstić information content (AvgIpc) is 3.35. The van der Waals surface area contributed by atoms with Crippen LogP contribution in [0.1, 0.15) is 43.7 Å². The Morgan fingerprint density at radius 3 is 2.22 bits per heavy atom. The molecule has 1 N–H and O–H groups in total. The van der Waals surface area contributed by atoms with Crippen LogP contribution in [0, 0.1) is 0 Å². The maximum Gasteiger partial charge on any atom is 0.338 e. The standard InChI is InChI=1S/C27H30N4O6/c1-15(2)36-21-8-7-17(9-24(21)37-16(3)4)25-18-10-22(34-5)23(35-6)11-19(18)30-20(26(25)27(32)33)12-31-14-28-13-29-31/h7-11,13-16H,12H2,1-6H3,(H,32,33). The minimum Gasteiger partial charge on any atom is -0.493 e. The van der Waals surface area contributed by atoms with Gasteiger partial charge >= 0.3 is 5.97 Å². The molecule has 0 saturated heterocycles. The van der Waals surface area contributed by atoms with Gasteiger partial charge in [-0.1, -0.05) is 6.07 Å². The lowest BCUT2D eigenvalue weighted by Gasteiger charge is -2.20. The van der Waals surface area contributed by atoms with Crippen molar-refractivity contribution >= 4 is 16.9 Å². The normalized spacial score (nSPS) is 11.2. The van der Waals surface area contributed by atoms with E-state index >= 15 is 0 Å². The molecule has 2 aromatic heterocycles. The van der Waals surface area contributed by atoms with Crippen molar-refractivity contribution in [3.05, 3.63) is 54.2 Å². The van der Waals surface area contributed by atoms with Crippen LogP contribution in [-0.4, -0.2) is 57.3 Å². The highest BCUT2D eigenvalue weighted by Crippen LogP contribution is 2.42. The van der Waals surface area contributed by atoms with Crippen LogP contribution in [0.5, 0.6) is 23.0 Å². The molecule has 0 amide bonds. The second-order valence-corrected chi connectivity index (χ2v) is 8.93. The lowest BCUT2D eigenvalue weighted by Crippen LogP contribution is -2.13. The van der Waals surface area contributed by atoms with Gasteiger partial charge in [-0.2, -0.15) is 5.10 Å². The molecule has 0 spiro atoms. The molecule has 0 atom stereocenters. The van der Waals surface area contributed by atoms with Crippen LogP contribution in [0.2, 0.25) is 0 Å². The second-order valence-electron chi connectivity index (χ2n) is 8.93. The molecular weight excluding hydrogens is 476 g/mol. The van der Waals surface area contributed by atoms with Crippen LogP contribution >= 0.6 is 0 Å². The van der Waals surface area contributed by atoms with Crippen molar-refractivity contribution in [2.75, 3.05) is 14.2 Å². The Balaban J connectivity index is 2.06. The van der Waals surface area contributed by atoms with E-state index in [1.165, 1.54) is 31.6 Å². The predicted molar refractivity (Wildman–Crippen MR) is 138 cm³/mol. The number of carboxylic acid groups (broad SMARTS) is 1. The number of ether oxygens (including phenoxy) is 4. The summed E-state index contributed by atoms with van der Waals surface area (Å²) in [5.41, 5.74) is 2.01. The molecule has 0 fully saturated rings. The van der Waals surface area contributed by atoms with Gasteiger partial charge in [0.2, 0.25) is 0 Å². The van der Waals surface area contributed by atoms with Crippen molar-refractivity contribution in [3.63, 3.8) is 0 Å². The van der Waals surface area contributed by atoms with Gasteiger partial charge in [0.25, 0.3) is 0 Å². The fourth-order valence-electron chi connectivity index (χ4n) is 4.11. The molecular formula is C27H30N4O6. The van der Waals surface area contributed by atoms with Crippen LogP contribution in [0.25, 0.3) is 22.0 Å². The van der Waals surface area contributed by atoms with Crippen LogP contribution < -0.4 is 18.9 Å². The summed E-state index contributed by atoms with van der Waals surface area (Å²) in [7, 11) is 3.07. The minimum atomic E-state index is -1.12. The number of aromatic nitrogens is 4. The van der Waals surface area contributed by atoms with Crippen molar-refractivity contribution in [2.24, 2.45) is 0 Å². The quantitative estimate of drug-likeness (QED) is 0.323. The highest BCUT2D eigenvalue weighted by molar-refractivity contribution is 6.08. The molecule has 0 bridgehead atoms. The molecule has 4 rings (SSSR count). The van der Waals surface area contributed by atoms with E-state index in [0.717, 1.165) is 0 Å². The first-order valence-electron chi connectivity index (χ1n) is 11.8. The molecule has 4 aromatic rings. The van der Waals surface area contributed by atoms with E-state index in [1.807, 2.05) is 33.8 Å². The zero-order chi connectivity index (χ0) is 26.7. The minimum absolute atomic E-state index is 0.0447. The summed E-state index contributed by atoms with van der Waals surface area (Å²) in [5, 5.41) is 15.1. The molecule has 2 aromatic carbocycles. The Hall–Kier alpha value is -4.34. The van der Waals surface area contributed by atoms with Gasteiger partial charge in [0.1, 0.15) is 12.7 Å². The maximum absolute atomic E-state index is 12.7. The molecule has 0 unspecified atom stereocenters. The van der Waals surface area contributed by atoms with E-state index in [1.54, 1.807) is 24.3 Å². The second kappa shape index (κ2) is 10.7. The summed E-state index contributed by atoms with van der Waals surface area (Å²) in [6.45, 7) is 7.82. The van der Waals surface area contributed by atoms with Crippen LogP contribution in [0.4, 0.5) is 0 Å². The first-order valence-corrected chi connectivity index (χ1v) is 11.8. The Morgan fingerprint density at radius 2 is 1.62 bits per heavy atom. The van der Waals surface area contributed by atoms with Gasteiger partial charge in [0.15, 0.2) is 23.0 Å². The van der Waals surface area contributed by atoms with E-state index in [-0.39, 0.29) is 24.3 Å². The third-order valence-corrected chi connectivity index (χ3v) is 5.52. The highest BCUT2D eigenvalue weighted by atomic mass is 16.5. The molecule has 0 saturated carbocycles. The molecule has 10 nitrogen and oxygen atoms in total. The summed E-state index contributed by atoms with van der Waals surface area (Å²) in [5.74, 6) is 0.901. The monoisotopic (exact) mass is 506 g/mol. The van der Waals surface area contributed by atoms with Gasteiger partial charge in [0, 0.05) is 17.0 Å². The number of carbonyl (C=O) groups is 1. The van der Waals surface area contributed by atoms with Crippen LogP contribution in [0.15, 0.2) is 43.0 Å². The highest BCUT2D eigenvalue weighted by Gasteiger charge is 2.25.